The number of hydrogen-bond acceptors (Lipinski definition) is 2. The molecular formula is C16H21NO. The van der Waals surface area contributed by atoms with Gasteiger partial charge < -0.3 is 4.74 Å². The van der Waals surface area contributed by atoms with Crippen molar-refractivity contribution in [3.8, 4) is 11.8 Å². The van der Waals surface area contributed by atoms with Crippen molar-refractivity contribution in [2.45, 2.75) is 52.6 Å². The van der Waals surface area contributed by atoms with Gasteiger partial charge in [-0.25, -0.2) is 0 Å². The van der Waals surface area contributed by atoms with Crippen molar-refractivity contribution in [2.24, 2.45) is 5.92 Å². The number of benzene rings is 1. The normalized spacial score (nSPS) is 23.4. The first kappa shape index (κ1) is 13.0. The third kappa shape index (κ3) is 2.85. The van der Waals surface area contributed by atoms with Crippen molar-refractivity contribution in [2.75, 3.05) is 0 Å². The summed E-state index contributed by atoms with van der Waals surface area (Å²) in [6.07, 6.45) is 5.18. The summed E-state index contributed by atoms with van der Waals surface area (Å²) in [6.45, 7) is 6.36. The highest BCUT2D eigenvalue weighted by molar-refractivity contribution is 5.47. The Morgan fingerprint density at radius 1 is 1.11 bits per heavy atom. The molecule has 0 atom stereocenters. The van der Waals surface area contributed by atoms with Gasteiger partial charge in [0.1, 0.15) is 5.75 Å². The van der Waals surface area contributed by atoms with Crippen LogP contribution in [0, 0.1) is 31.1 Å². The molecule has 1 aromatic carbocycles. The van der Waals surface area contributed by atoms with Crippen LogP contribution in [0.2, 0.25) is 0 Å². The van der Waals surface area contributed by atoms with E-state index in [1.807, 2.05) is 26.0 Å². The van der Waals surface area contributed by atoms with E-state index in [1.165, 1.54) is 12.8 Å². The van der Waals surface area contributed by atoms with Gasteiger partial charge in [0.2, 0.25) is 0 Å². The van der Waals surface area contributed by atoms with Crippen LogP contribution in [-0.4, -0.2) is 6.10 Å². The molecule has 0 N–H and O–H groups in total. The number of nitriles is 1. The molecule has 96 valence electrons. The molecule has 0 saturated heterocycles. The highest BCUT2D eigenvalue weighted by Crippen LogP contribution is 2.31. The van der Waals surface area contributed by atoms with E-state index in [9.17, 15) is 0 Å². The van der Waals surface area contributed by atoms with Gasteiger partial charge in [-0.15, -0.1) is 0 Å². The molecule has 0 bridgehead atoms. The maximum absolute atomic E-state index is 8.94. The Kier molecular flexibility index (Phi) is 3.91. The molecule has 0 radical (unpaired) electrons. The van der Waals surface area contributed by atoms with E-state index in [4.69, 9.17) is 10.00 Å². The topological polar surface area (TPSA) is 33.0 Å². The molecule has 0 aromatic heterocycles. The molecule has 0 unspecified atom stereocenters. The highest BCUT2D eigenvalue weighted by atomic mass is 16.5. The molecule has 2 heteroatoms. The van der Waals surface area contributed by atoms with Crippen LogP contribution >= 0.6 is 0 Å². The lowest BCUT2D eigenvalue weighted by Gasteiger charge is -2.28. The van der Waals surface area contributed by atoms with Gasteiger partial charge in [0.15, 0.2) is 0 Å². The van der Waals surface area contributed by atoms with Gasteiger partial charge in [-0.1, -0.05) is 6.92 Å². The molecule has 1 aliphatic rings. The summed E-state index contributed by atoms with van der Waals surface area (Å²) < 4.78 is 6.16. The molecule has 1 aliphatic carbocycles. The number of hydrogen-bond donors (Lipinski definition) is 0. The Balaban J connectivity index is 2.12. The fourth-order valence-electron chi connectivity index (χ4n) is 2.71. The zero-order valence-electron chi connectivity index (χ0n) is 11.5. The fourth-order valence-corrected chi connectivity index (χ4v) is 2.71. The average Bonchev–Trinajstić information content (AvgIpc) is 2.35. The molecule has 0 amide bonds. The molecule has 18 heavy (non-hydrogen) atoms. The summed E-state index contributed by atoms with van der Waals surface area (Å²) in [7, 11) is 0. The molecular weight excluding hydrogens is 222 g/mol. The van der Waals surface area contributed by atoms with Crippen LogP contribution in [0.5, 0.6) is 5.75 Å². The summed E-state index contributed by atoms with van der Waals surface area (Å²) in [5.41, 5.74) is 2.87. The van der Waals surface area contributed by atoms with Crippen LogP contribution in [-0.2, 0) is 0 Å². The standard InChI is InChI=1S/C16H21NO/c1-11-4-6-15(7-5-11)18-16-12(2)8-14(10-17)9-13(16)3/h8-9,11,15H,4-7H2,1-3H3. The molecule has 0 heterocycles. The van der Waals surface area contributed by atoms with Crippen LogP contribution in [0.25, 0.3) is 0 Å². The first-order chi connectivity index (χ1) is 8.60. The van der Waals surface area contributed by atoms with E-state index in [1.54, 1.807) is 0 Å². The fraction of sp³-hybridized carbons (Fsp3) is 0.562. The van der Waals surface area contributed by atoms with Gasteiger partial charge in [-0.2, -0.15) is 5.26 Å². The van der Waals surface area contributed by atoms with Gasteiger partial charge in [-0.05, 0) is 68.7 Å². The molecule has 2 rings (SSSR count). The zero-order valence-corrected chi connectivity index (χ0v) is 11.5. The number of ether oxygens (including phenoxy) is 1. The second-order valence-electron chi connectivity index (χ2n) is 5.55. The van der Waals surface area contributed by atoms with Gasteiger partial charge in [-0.3, -0.25) is 0 Å². The Labute approximate surface area is 110 Å². The summed E-state index contributed by atoms with van der Waals surface area (Å²) >= 11 is 0. The minimum atomic E-state index is 0.353. The third-order valence-electron chi connectivity index (χ3n) is 3.84. The predicted octanol–water partition coefficient (Wildman–Crippen LogP) is 4.13. The van der Waals surface area contributed by atoms with Crippen LogP contribution in [0.15, 0.2) is 12.1 Å². The molecule has 0 aliphatic heterocycles. The second-order valence-corrected chi connectivity index (χ2v) is 5.55. The Bertz CT molecular complexity index is 441. The Morgan fingerprint density at radius 2 is 1.67 bits per heavy atom. The van der Waals surface area contributed by atoms with E-state index in [0.29, 0.717) is 6.10 Å². The van der Waals surface area contributed by atoms with Gasteiger partial charge in [0.05, 0.1) is 17.7 Å². The maximum Gasteiger partial charge on any atom is 0.125 e. The van der Waals surface area contributed by atoms with Crippen molar-refractivity contribution in [1.29, 1.82) is 5.26 Å². The summed E-state index contributed by atoms with van der Waals surface area (Å²) in [6, 6.07) is 6.01. The van der Waals surface area contributed by atoms with Crippen LogP contribution in [0.1, 0.15) is 49.3 Å². The summed E-state index contributed by atoms with van der Waals surface area (Å²) in [4.78, 5) is 0. The van der Waals surface area contributed by atoms with Gasteiger partial charge in [0.25, 0.3) is 0 Å². The zero-order chi connectivity index (χ0) is 13.1. The van der Waals surface area contributed by atoms with E-state index in [-0.39, 0.29) is 0 Å². The number of rotatable bonds is 2. The quantitative estimate of drug-likeness (QED) is 0.782. The van der Waals surface area contributed by atoms with Crippen molar-refractivity contribution in [3.05, 3.63) is 28.8 Å². The lowest BCUT2D eigenvalue weighted by Crippen LogP contribution is -2.23. The number of nitrogens with zero attached hydrogens (tertiary/aromatic N) is 1. The van der Waals surface area contributed by atoms with Crippen molar-refractivity contribution >= 4 is 0 Å². The Hall–Kier alpha value is -1.49. The van der Waals surface area contributed by atoms with Crippen molar-refractivity contribution < 1.29 is 4.74 Å². The average molecular weight is 243 g/mol. The van der Waals surface area contributed by atoms with E-state index >= 15 is 0 Å². The molecule has 1 fully saturated rings. The van der Waals surface area contributed by atoms with Crippen LogP contribution in [0.3, 0.4) is 0 Å². The van der Waals surface area contributed by atoms with Crippen molar-refractivity contribution in [3.63, 3.8) is 0 Å². The van der Waals surface area contributed by atoms with E-state index in [0.717, 1.165) is 41.2 Å². The molecule has 1 saturated carbocycles. The number of aryl methyl sites for hydroxylation is 2. The minimum absolute atomic E-state index is 0.353. The van der Waals surface area contributed by atoms with Crippen LogP contribution < -0.4 is 4.74 Å². The minimum Gasteiger partial charge on any atom is -0.490 e. The van der Waals surface area contributed by atoms with Crippen molar-refractivity contribution in [1.82, 2.24) is 0 Å². The lowest BCUT2D eigenvalue weighted by atomic mass is 9.89. The van der Waals surface area contributed by atoms with Gasteiger partial charge in [0, 0.05) is 0 Å². The summed E-state index contributed by atoms with van der Waals surface area (Å²) in [5.74, 6) is 1.82. The Morgan fingerprint density at radius 3 is 2.17 bits per heavy atom. The largest absolute Gasteiger partial charge is 0.490 e. The summed E-state index contributed by atoms with van der Waals surface area (Å²) in [5, 5.41) is 8.94. The second kappa shape index (κ2) is 5.44. The SMILES string of the molecule is Cc1cc(C#N)cc(C)c1OC1CCC(C)CC1. The highest BCUT2D eigenvalue weighted by Gasteiger charge is 2.20. The van der Waals surface area contributed by atoms with Crippen LogP contribution in [0.4, 0.5) is 0 Å². The first-order valence-electron chi connectivity index (χ1n) is 6.78. The lowest BCUT2D eigenvalue weighted by molar-refractivity contribution is 0.134. The smallest absolute Gasteiger partial charge is 0.125 e. The predicted molar refractivity (Wildman–Crippen MR) is 72.7 cm³/mol. The molecule has 1 aromatic rings. The first-order valence-corrected chi connectivity index (χ1v) is 6.78. The third-order valence-corrected chi connectivity index (χ3v) is 3.84. The van der Waals surface area contributed by atoms with E-state index in [2.05, 4.69) is 13.0 Å². The molecule has 2 nitrogen and oxygen atoms in total. The maximum atomic E-state index is 8.94. The van der Waals surface area contributed by atoms with Gasteiger partial charge >= 0.3 is 0 Å². The van der Waals surface area contributed by atoms with E-state index < -0.39 is 0 Å². The molecule has 0 spiro atoms. The monoisotopic (exact) mass is 243 g/mol.